The average molecular weight is 236 g/mol. The van der Waals surface area contributed by atoms with Crippen LogP contribution in [0.2, 0.25) is 0 Å². The van der Waals surface area contributed by atoms with Gasteiger partial charge in [-0.3, -0.25) is 9.48 Å². The highest BCUT2D eigenvalue weighted by molar-refractivity contribution is 5.76. The van der Waals surface area contributed by atoms with Gasteiger partial charge in [0.2, 0.25) is 5.91 Å². The van der Waals surface area contributed by atoms with Gasteiger partial charge in [0.1, 0.15) is 0 Å². The molecule has 17 heavy (non-hydrogen) atoms. The van der Waals surface area contributed by atoms with Crippen molar-refractivity contribution in [2.24, 2.45) is 18.2 Å². The van der Waals surface area contributed by atoms with Crippen LogP contribution in [0.1, 0.15) is 31.2 Å². The van der Waals surface area contributed by atoms with E-state index in [1.165, 1.54) is 6.42 Å². The summed E-state index contributed by atoms with van der Waals surface area (Å²) in [5.41, 5.74) is 6.84. The van der Waals surface area contributed by atoms with Crippen molar-refractivity contribution in [3.8, 4) is 0 Å². The zero-order chi connectivity index (χ0) is 12.3. The Labute approximate surface area is 101 Å². The van der Waals surface area contributed by atoms with Crippen LogP contribution in [0, 0.1) is 5.41 Å². The summed E-state index contributed by atoms with van der Waals surface area (Å²) in [4.78, 5) is 11.8. The number of hydrogen-bond donors (Lipinski definition) is 2. The van der Waals surface area contributed by atoms with Gasteiger partial charge >= 0.3 is 0 Å². The second-order valence-corrected chi connectivity index (χ2v) is 5.03. The number of nitrogens with zero attached hydrogens (tertiary/aromatic N) is 2. The molecule has 0 spiro atoms. The first-order valence-corrected chi connectivity index (χ1v) is 6.08. The van der Waals surface area contributed by atoms with E-state index in [4.69, 9.17) is 5.73 Å². The van der Waals surface area contributed by atoms with Crippen molar-refractivity contribution in [2.75, 3.05) is 6.54 Å². The summed E-state index contributed by atoms with van der Waals surface area (Å²) in [6.07, 6.45) is 7.61. The van der Waals surface area contributed by atoms with E-state index in [0.29, 0.717) is 19.5 Å². The van der Waals surface area contributed by atoms with Gasteiger partial charge in [-0.15, -0.1) is 0 Å². The monoisotopic (exact) mass is 236 g/mol. The third-order valence-electron chi connectivity index (χ3n) is 3.63. The fraction of sp³-hybridized carbons (Fsp3) is 0.667. The molecule has 2 rings (SSSR count). The third kappa shape index (κ3) is 2.85. The van der Waals surface area contributed by atoms with Crippen molar-refractivity contribution in [3.63, 3.8) is 0 Å². The Balaban J connectivity index is 1.77. The van der Waals surface area contributed by atoms with E-state index < -0.39 is 0 Å². The largest absolute Gasteiger partial charge is 0.352 e. The van der Waals surface area contributed by atoms with Crippen molar-refractivity contribution >= 4 is 5.91 Å². The SMILES string of the molecule is Cn1cc(CNC(=O)CC2(CN)CCC2)cn1. The number of aromatic nitrogens is 2. The lowest BCUT2D eigenvalue weighted by molar-refractivity contribution is -0.124. The van der Waals surface area contributed by atoms with Gasteiger partial charge < -0.3 is 11.1 Å². The van der Waals surface area contributed by atoms with Crippen molar-refractivity contribution in [1.29, 1.82) is 0 Å². The van der Waals surface area contributed by atoms with Crippen LogP contribution in [-0.4, -0.2) is 22.2 Å². The second kappa shape index (κ2) is 4.87. The standard InChI is InChI=1S/C12H20N4O/c1-16-8-10(7-15-16)6-14-11(17)5-12(9-13)3-2-4-12/h7-8H,2-6,9,13H2,1H3,(H,14,17). The first-order valence-electron chi connectivity index (χ1n) is 6.08. The molecule has 1 heterocycles. The quantitative estimate of drug-likeness (QED) is 0.784. The molecule has 1 fully saturated rings. The molecule has 0 atom stereocenters. The molecule has 1 aromatic heterocycles. The van der Waals surface area contributed by atoms with Crippen LogP contribution in [0.4, 0.5) is 0 Å². The van der Waals surface area contributed by atoms with E-state index >= 15 is 0 Å². The Morgan fingerprint density at radius 3 is 2.88 bits per heavy atom. The first-order chi connectivity index (χ1) is 8.13. The van der Waals surface area contributed by atoms with Crippen LogP contribution in [0.25, 0.3) is 0 Å². The van der Waals surface area contributed by atoms with Crippen molar-refractivity contribution < 1.29 is 4.79 Å². The lowest BCUT2D eigenvalue weighted by atomic mass is 9.66. The summed E-state index contributed by atoms with van der Waals surface area (Å²) in [6.45, 7) is 1.17. The number of carbonyl (C=O) groups excluding carboxylic acids is 1. The van der Waals surface area contributed by atoms with Gasteiger partial charge in [0.15, 0.2) is 0 Å². The summed E-state index contributed by atoms with van der Waals surface area (Å²) >= 11 is 0. The number of hydrogen-bond acceptors (Lipinski definition) is 3. The summed E-state index contributed by atoms with van der Waals surface area (Å²) < 4.78 is 1.73. The lowest BCUT2D eigenvalue weighted by Crippen LogP contribution is -2.41. The number of nitrogens with two attached hydrogens (primary N) is 1. The molecule has 0 bridgehead atoms. The molecule has 94 valence electrons. The van der Waals surface area contributed by atoms with Gasteiger partial charge in [0.05, 0.1) is 6.20 Å². The predicted octanol–water partition coefficient (Wildman–Crippen LogP) is 0.555. The third-order valence-corrected chi connectivity index (χ3v) is 3.63. The van der Waals surface area contributed by atoms with Crippen molar-refractivity contribution in [3.05, 3.63) is 18.0 Å². The number of carbonyl (C=O) groups is 1. The van der Waals surface area contributed by atoms with Gasteiger partial charge in [-0.1, -0.05) is 6.42 Å². The summed E-state index contributed by atoms with van der Waals surface area (Å²) in [6, 6.07) is 0. The van der Waals surface area contributed by atoms with Gasteiger partial charge in [-0.2, -0.15) is 5.10 Å². The Kier molecular flexibility index (Phi) is 3.47. The number of amides is 1. The molecule has 0 unspecified atom stereocenters. The summed E-state index contributed by atoms with van der Waals surface area (Å²) in [7, 11) is 1.86. The highest BCUT2D eigenvalue weighted by atomic mass is 16.1. The minimum absolute atomic E-state index is 0.0824. The van der Waals surface area contributed by atoms with Crippen LogP contribution in [0.15, 0.2) is 12.4 Å². The Bertz CT molecular complexity index is 389. The molecule has 0 saturated heterocycles. The highest BCUT2D eigenvalue weighted by Crippen LogP contribution is 2.42. The van der Waals surface area contributed by atoms with Crippen LogP contribution < -0.4 is 11.1 Å². The number of rotatable bonds is 5. The first kappa shape index (κ1) is 12.1. The van der Waals surface area contributed by atoms with E-state index in [1.54, 1.807) is 10.9 Å². The van der Waals surface area contributed by atoms with Crippen molar-refractivity contribution in [2.45, 2.75) is 32.2 Å². The average Bonchev–Trinajstić information content (AvgIpc) is 2.67. The van der Waals surface area contributed by atoms with Gasteiger partial charge in [0.25, 0.3) is 0 Å². The fourth-order valence-electron chi connectivity index (χ4n) is 2.30. The van der Waals surface area contributed by atoms with Gasteiger partial charge in [-0.25, -0.2) is 0 Å². The van der Waals surface area contributed by atoms with E-state index in [2.05, 4.69) is 10.4 Å². The zero-order valence-electron chi connectivity index (χ0n) is 10.3. The molecule has 1 aliphatic rings. The van der Waals surface area contributed by atoms with Crippen LogP contribution >= 0.6 is 0 Å². The normalized spacial score (nSPS) is 17.5. The molecule has 1 saturated carbocycles. The summed E-state index contributed by atoms with van der Waals surface area (Å²) in [5, 5.41) is 6.98. The molecule has 0 aromatic carbocycles. The topological polar surface area (TPSA) is 72.9 Å². The zero-order valence-corrected chi connectivity index (χ0v) is 10.3. The maximum atomic E-state index is 11.8. The smallest absolute Gasteiger partial charge is 0.220 e. The van der Waals surface area contributed by atoms with E-state index in [0.717, 1.165) is 18.4 Å². The molecular weight excluding hydrogens is 216 g/mol. The fourth-order valence-corrected chi connectivity index (χ4v) is 2.30. The maximum absolute atomic E-state index is 11.8. The highest BCUT2D eigenvalue weighted by Gasteiger charge is 2.37. The molecule has 5 nitrogen and oxygen atoms in total. The second-order valence-electron chi connectivity index (χ2n) is 5.03. The Morgan fingerprint density at radius 2 is 2.41 bits per heavy atom. The molecule has 5 heteroatoms. The minimum Gasteiger partial charge on any atom is -0.352 e. The molecule has 0 aliphatic heterocycles. The number of aryl methyl sites for hydroxylation is 1. The predicted molar refractivity (Wildman–Crippen MR) is 65.0 cm³/mol. The maximum Gasteiger partial charge on any atom is 0.220 e. The molecule has 0 radical (unpaired) electrons. The molecule has 3 N–H and O–H groups in total. The molecule has 1 aliphatic carbocycles. The van der Waals surface area contributed by atoms with Crippen LogP contribution in [0.5, 0.6) is 0 Å². The van der Waals surface area contributed by atoms with Crippen molar-refractivity contribution in [1.82, 2.24) is 15.1 Å². The molecule has 1 aromatic rings. The minimum atomic E-state index is 0.0824. The van der Waals surface area contributed by atoms with E-state index in [9.17, 15) is 4.79 Å². The molecule has 1 amide bonds. The lowest BCUT2D eigenvalue weighted by Gasteiger charge is -2.40. The van der Waals surface area contributed by atoms with E-state index in [1.807, 2.05) is 13.2 Å². The number of nitrogens with one attached hydrogen (secondary N) is 1. The summed E-state index contributed by atoms with van der Waals surface area (Å²) in [5.74, 6) is 0.0963. The van der Waals surface area contributed by atoms with E-state index in [-0.39, 0.29) is 11.3 Å². The van der Waals surface area contributed by atoms with Crippen LogP contribution in [-0.2, 0) is 18.4 Å². The van der Waals surface area contributed by atoms with Gasteiger partial charge in [0, 0.05) is 31.8 Å². The Hall–Kier alpha value is -1.36. The molecular formula is C12H20N4O. The van der Waals surface area contributed by atoms with Gasteiger partial charge in [-0.05, 0) is 24.8 Å². The Morgan fingerprint density at radius 1 is 1.65 bits per heavy atom. The van der Waals surface area contributed by atoms with Crippen LogP contribution in [0.3, 0.4) is 0 Å².